The first kappa shape index (κ1) is 21.2. The molecule has 3 aromatic carbocycles. The van der Waals surface area contributed by atoms with E-state index in [1.54, 1.807) is 54.6 Å². The summed E-state index contributed by atoms with van der Waals surface area (Å²) in [5.74, 6) is 0.286. The van der Waals surface area contributed by atoms with Gasteiger partial charge in [-0.1, -0.05) is 24.3 Å². The molecule has 1 aromatic heterocycles. The fourth-order valence-electron chi connectivity index (χ4n) is 3.62. The Bertz CT molecular complexity index is 1370. The van der Waals surface area contributed by atoms with Crippen molar-refractivity contribution in [3.63, 3.8) is 0 Å². The van der Waals surface area contributed by atoms with Gasteiger partial charge in [0.1, 0.15) is 5.58 Å². The minimum Gasteiger partial charge on any atom is -0.493 e. The molecule has 0 saturated carbocycles. The molecule has 4 rings (SSSR count). The van der Waals surface area contributed by atoms with E-state index in [1.165, 1.54) is 14.2 Å². The number of benzene rings is 3. The van der Waals surface area contributed by atoms with E-state index >= 15 is 0 Å². The van der Waals surface area contributed by atoms with Crippen LogP contribution in [0.4, 0.5) is 0 Å². The van der Waals surface area contributed by atoms with E-state index in [4.69, 9.17) is 18.6 Å². The van der Waals surface area contributed by atoms with Gasteiger partial charge in [0, 0.05) is 5.56 Å². The highest BCUT2D eigenvalue weighted by Gasteiger charge is 2.23. The van der Waals surface area contributed by atoms with Crippen LogP contribution in [-0.2, 0) is 0 Å². The zero-order valence-electron chi connectivity index (χ0n) is 18.2. The molecular weight excluding hydrogens is 408 g/mol. The molecule has 0 amide bonds. The molecule has 0 aliphatic heterocycles. The number of fused-ring (bicyclic) bond motifs is 1. The number of carbonyl (C=O) groups excluding carboxylic acids is 1. The molecule has 1 heterocycles. The standard InChI is InChI=1S/C26H22O6/c1-15-12-16(2)23-19(13-15)22(27)25(32-26(28)17-8-6-5-7-9-17)24(31-23)18-10-11-20(29-3)21(14-18)30-4/h5-14H,1-4H3. The van der Waals surface area contributed by atoms with Crippen LogP contribution in [0.1, 0.15) is 21.5 Å². The van der Waals surface area contributed by atoms with Crippen LogP contribution in [0.15, 0.2) is 69.9 Å². The van der Waals surface area contributed by atoms with Gasteiger partial charge in [-0.2, -0.15) is 0 Å². The Morgan fingerprint density at radius 3 is 2.28 bits per heavy atom. The monoisotopic (exact) mass is 430 g/mol. The highest BCUT2D eigenvalue weighted by molar-refractivity contribution is 5.93. The van der Waals surface area contributed by atoms with Gasteiger partial charge in [0.05, 0.1) is 25.2 Å². The van der Waals surface area contributed by atoms with E-state index in [0.717, 1.165) is 11.1 Å². The minimum atomic E-state index is -0.650. The normalized spacial score (nSPS) is 10.8. The summed E-state index contributed by atoms with van der Waals surface area (Å²) in [6.07, 6.45) is 0. The molecule has 4 aromatic rings. The van der Waals surface area contributed by atoms with Crippen LogP contribution < -0.4 is 19.6 Å². The number of carbonyl (C=O) groups is 1. The number of aryl methyl sites for hydroxylation is 2. The van der Waals surface area contributed by atoms with Crippen molar-refractivity contribution in [1.82, 2.24) is 0 Å². The number of methoxy groups -OCH3 is 2. The van der Waals surface area contributed by atoms with Gasteiger partial charge in [-0.3, -0.25) is 4.79 Å². The minimum absolute atomic E-state index is 0.139. The Hall–Kier alpha value is -4.06. The lowest BCUT2D eigenvalue weighted by molar-refractivity contribution is 0.0731. The Balaban J connectivity index is 1.97. The van der Waals surface area contributed by atoms with Crippen LogP contribution in [0.25, 0.3) is 22.3 Å². The predicted molar refractivity (Wildman–Crippen MR) is 122 cm³/mol. The molecule has 0 aliphatic rings. The van der Waals surface area contributed by atoms with Crippen LogP contribution in [0.2, 0.25) is 0 Å². The zero-order valence-corrected chi connectivity index (χ0v) is 18.2. The fraction of sp³-hybridized carbons (Fsp3) is 0.154. The second kappa shape index (κ2) is 8.59. The van der Waals surface area contributed by atoms with E-state index in [0.29, 0.717) is 33.6 Å². The number of esters is 1. The quantitative estimate of drug-likeness (QED) is 0.399. The van der Waals surface area contributed by atoms with Crippen molar-refractivity contribution in [2.24, 2.45) is 0 Å². The maximum atomic E-state index is 13.5. The third-order valence-corrected chi connectivity index (χ3v) is 5.13. The molecule has 0 atom stereocenters. The van der Waals surface area contributed by atoms with Gasteiger partial charge in [0.25, 0.3) is 0 Å². The lowest BCUT2D eigenvalue weighted by Crippen LogP contribution is -2.16. The highest BCUT2D eigenvalue weighted by atomic mass is 16.5. The second-order valence-electron chi connectivity index (χ2n) is 7.37. The molecule has 6 heteroatoms. The van der Waals surface area contributed by atoms with Crippen molar-refractivity contribution in [2.75, 3.05) is 14.2 Å². The van der Waals surface area contributed by atoms with Crippen LogP contribution in [0.3, 0.4) is 0 Å². The molecule has 32 heavy (non-hydrogen) atoms. The van der Waals surface area contributed by atoms with Gasteiger partial charge >= 0.3 is 5.97 Å². The maximum absolute atomic E-state index is 13.5. The molecule has 0 saturated heterocycles. The molecule has 6 nitrogen and oxygen atoms in total. The summed E-state index contributed by atoms with van der Waals surface area (Å²) in [7, 11) is 3.05. The summed E-state index contributed by atoms with van der Waals surface area (Å²) in [4.78, 5) is 26.3. The van der Waals surface area contributed by atoms with Gasteiger partial charge < -0.3 is 18.6 Å². The number of hydrogen-bond donors (Lipinski definition) is 0. The highest BCUT2D eigenvalue weighted by Crippen LogP contribution is 2.37. The Morgan fingerprint density at radius 1 is 0.875 bits per heavy atom. The Kier molecular flexibility index (Phi) is 5.69. The van der Waals surface area contributed by atoms with Gasteiger partial charge in [0.2, 0.25) is 11.2 Å². The summed E-state index contributed by atoms with van der Waals surface area (Å²) in [5.41, 5.74) is 2.56. The molecule has 0 radical (unpaired) electrons. The summed E-state index contributed by atoms with van der Waals surface area (Å²) >= 11 is 0. The molecule has 0 unspecified atom stereocenters. The third-order valence-electron chi connectivity index (χ3n) is 5.13. The lowest BCUT2D eigenvalue weighted by Gasteiger charge is -2.14. The smallest absolute Gasteiger partial charge is 0.343 e. The number of rotatable bonds is 5. The largest absolute Gasteiger partial charge is 0.493 e. The molecule has 0 N–H and O–H groups in total. The van der Waals surface area contributed by atoms with Gasteiger partial charge in [-0.25, -0.2) is 4.79 Å². The Labute approximate surface area is 185 Å². The molecule has 0 aliphatic carbocycles. The summed E-state index contributed by atoms with van der Waals surface area (Å²) < 4.78 is 22.5. The average Bonchev–Trinajstić information content (AvgIpc) is 2.81. The van der Waals surface area contributed by atoms with E-state index in [1.807, 2.05) is 19.9 Å². The predicted octanol–water partition coefficient (Wildman–Crippen LogP) is 5.31. The molecule has 0 spiro atoms. The van der Waals surface area contributed by atoms with Crippen molar-refractivity contribution in [2.45, 2.75) is 13.8 Å². The zero-order chi connectivity index (χ0) is 22.8. The first-order valence-electron chi connectivity index (χ1n) is 10.0. The molecule has 0 fully saturated rings. The van der Waals surface area contributed by atoms with E-state index < -0.39 is 11.4 Å². The van der Waals surface area contributed by atoms with Gasteiger partial charge in [0.15, 0.2) is 17.3 Å². The first-order valence-corrected chi connectivity index (χ1v) is 10.0. The number of ether oxygens (including phenoxy) is 3. The first-order chi connectivity index (χ1) is 15.4. The lowest BCUT2D eigenvalue weighted by atomic mass is 10.0. The van der Waals surface area contributed by atoms with Crippen LogP contribution in [-0.4, -0.2) is 20.2 Å². The summed E-state index contributed by atoms with van der Waals surface area (Å²) in [6, 6.07) is 17.2. The van der Waals surface area contributed by atoms with E-state index in [9.17, 15) is 9.59 Å². The topological polar surface area (TPSA) is 75.0 Å². The van der Waals surface area contributed by atoms with Crippen LogP contribution in [0, 0.1) is 13.8 Å². The second-order valence-corrected chi connectivity index (χ2v) is 7.37. The van der Waals surface area contributed by atoms with Crippen molar-refractivity contribution >= 4 is 16.9 Å². The third kappa shape index (κ3) is 3.83. The van der Waals surface area contributed by atoms with Crippen molar-refractivity contribution in [1.29, 1.82) is 0 Å². The van der Waals surface area contributed by atoms with Gasteiger partial charge in [-0.15, -0.1) is 0 Å². The number of hydrogen-bond acceptors (Lipinski definition) is 6. The summed E-state index contributed by atoms with van der Waals surface area (Å²) in [6.45, 7) is 3.76. The fourth-order valence-corrected chi connectivity index (χ4v) is 3.62. The van der Waals surface area contributed by atoms with Crippen molar-refractivity contribution in [3.8, 4) is 28.6 Å². The van der Waals surface area contributed by atoms with E-state index in [2.05, 4.69) is 0 Å². The van der Waals surface area contributed by atoms with E-state index in [-0.39, 0.29) is 11.5 Å². The SMILES string of the molecule is COc1ccc(-c2oc3c(C)cc(C)cc3c(=O)c2OC(=O)c2ccccc2)cc1OC. The maximum Gasteiger partial charge on any atom is 0.343 e. The van der Waals surface area contributed by atoms with Crippen molar-refractivity contribution in [3.05, 3.63) is 87.6 Å². The molecular formula is C26H22O6. The molecule has 0 bridgehead atoms. The molecule has 162 valence electrons. The Morgan fingerprint density at radius 2 is 1.59 bits per heavy atom. The average molecular weight is 430 g/mol. The van der Waals surface area contributed by atoms with Crippen LogP contribution >= 0.6 is 0 Å². The van der Waals surface area contributed by atoms with Crippen LogP contribution in [0.5, 0.6) is 17.2 Å². The van der Waals surface area contributed by atoms with Crippen molar-refractivity contribution < 1.29 is 23.4 Å². The van der Waals surface area contributed by atoms with Gasteiger partial charge in [-0.05, 0) is 61.4 Å². The summed E-state index contributed by atoms with van der Waals surface area (Å²) in [5, 5.41) is 0.350.